The number of nitrogens with zero attached hydrogens (tertiary/aromatic N) is 1. The van der Waals surface area contributed by atoms with E-state index in [1.165, 1.54) is 12.8 Å². The molecule has 1 rings (SSSR count). The van der Waals surface area contributed by atoms with Crippen molar-refractivity contribution in [2.75, 3.05) is 44.2 Å². The molecule has 0 aromatic carbocycles. The summed E-state index contributed by atoms with van der Waals surface area (Å²) in [6.07, 6.45) is 2.51. The number of hydrogen-bond acceptors (Lipinski definition) is 4. The first kappa shape index (κ1) is 14.9. The largest absolute Gasteiger partial charge is 0.316 e. The van der Waals surface area contributed by atoms with Gasteiger partial charge in [0.2, 0.25) is 0 Å². The lowest BCUT2D eigenvalue weighted by atomic mass is 9.99. The van der Waals surface area contributed by atoms with E-state index < -0.39 is 9.84 Å². The van der Waals surface area contributed by atoms with Crippen LogP contribution in [-0.4, -0.2) is 57.5 Å². The van der Waals surface area contributed by atoms with Gasteiger partial charge in [0.15, 0.2) is 9.84 Å². The molecule has 0 aliphatic carbocycles. The number of hydrogen-bond donors (Lipinski definition) is 1. The van der Waals surface area contributed by atoms with E-state index in [0.29, 0.717) is 18.2 Å². The van der Waals surface area contributed by atoms with Crippen LogP contribution < -0.4 is 5.32 Å². The molecule has 1 aliphatic rings. The summed E-state index contributed by atoms with van der Waals surface area (Å²) in [6.45, 7) is 8.69. The predicted molar refractivity (Wildman–Crippen MR) is 72.0 cm³/mol. The number of nitrogens with one attached hydrogen (secondary N) is 1. The molecule has 0 amide bonds. The Balaban J connectivity index is 2.32. The summed E-state index contributed by atoms with van der Waals surface area (Å²) < 4.78 is 22.9. The Bertz CT molecular complexity index is 298. The maximum Gasteiger partial charge on any atom is 0.151 e. The second kappa shape index (κ2) is 7.34. The van der Waals surface area contributed by atoms with E-state index in [1.54, 1.807) is 6.92 Å². The Morgan fingerprint density at radius 3 is 2.65 bits per heavy atom. The van der Waals surface area contributed by atoms with Gasteiger partial charge in [0, 0.05) is 18.8 Å². The van der Waals surface area contributed by atoms with Crippen LogP contribution in [0.15, 0.2) is 0 Å². The molecule has 1 aliphatic heterocycles. The highest BCUT2D eigenvalue weighted by atomic mass is 32.2. The lowest BCUT2D eigenvalue weighted by molar-refractivity contribution is 0.225. The van der Waals surface area contributed by atoms with Crippen molar-refractivity contribution >= 4 is 9.84 Å². The molecule has 0 aromatic rings. The molecule has 1 atom stereocenters. The van der Waals surface area contributed by atoms with E-state index in [0.717, 1.165) is 26.2 Å². The summed E-state index contributed by atoms with van der Waals surface area (Å²) in [5, 5.41) is 3.40. The molecule has 0 saturated carbocycles. The highest BCUT2D eigenvalue weighted by Gasteiger charge is 2.17. The molecule has 0 radical (unpaired) electrons. The molecule has 102 valence electrons. The van der Waals surface area contributed by atoms with Gasteiger partial charge in [-0.3, -0.25) is 0 Å². The Labute approximate surface area is 106 Å². The first-order valence-corrected chi connectivity index (χ1v) is 8.53. The predicted octanol–water partition coefficient (Wildman–Crippen LogP) is 0.743. The molecule has 1 unspecified atom stereocenters. The van der Waals surface area contributed by atoms with E-state index in [9.17, 15) is 8.42 Å². The standard InChI is InChI=1S/C12H26N2O2S/c1-3-14(8-9-17(15,16)4-2)11-12-6-5-7-13-10-12/h12-13H,3-11H2,1-2H3. The molecule has 17 heavy (non-hydrogen) atoms. The van der Waals surface area contributed by atoms with Gasteiger partial charge in [-0.05, 0) is 38.4 Å². The minimum Gasteiger partial charge on any atom is -0.316 e. The van der Waals surface area contributed by atoms with E-state index in [2.05, 4.69) is 17.1 Å². The highest BCUT2D eigenvalue weighted by molar-refractivity contribution is 7.91. The Hall–Kier alpha value is -0.130. The maximum atomic E-state index is 11.5. The van der Waals surface area contributed by atoms with Gasteiger partial charge < -0.3 is 10.2 Å². The second-order valence-electron chi connectivity index (χ2n) is 4.84. The van der Waals surface area contributed by atoms with Gasteiger partial charge >= 0.3 is 0 Å². The average Bonchev–Trinajstić information content (AvgIpc) is 2.35. The summed E-state index contributed by atoms with van der Waals surface area (Å²) in [6, 6.07) is 0. The van der Waals surface area contributed by atoms with Gasteiger partial charge in [-0.1, -0.05) is 13.8 Å². The van der Waals surface area contributed by atoms with Crippen LogP contribution in [-0.2, 0) is 9.84 Å². The van der Waals surface area contributed by atoms with Crippen LogP contribution in [0.25, 0.3) is 0 Å². The van der Waals surface area contributed by atoms with Crippen molar-refractivity contribution in [1.82, 2.24) is 10.2 Å². The zero-order valence-corrected chi connectivity index (χ0v) is 11.9. The van der Waals surface area contributed by atoms with Crippen molar-refractivity contribution in [3.8, 4) is 0 Å². The van der Waals surface area contributed by atoms with Crippen LogP contribution in [0.3, 0.4) is 0 Å². The van der Waals surface area contributed by atoms with E-state index >= 15 is 0 Å². The maximum absolute atomic E-state index is 11.5. The minimum absolute atomic E-state index is 0.259. The zero-order chi connectivity index (χ0) is 12.7. The van der Waals surface area contributed by atoms with E-state index in [4.69, 9.17) is 0 Å². The smallest absolute Gasteiger partial charge is 0.151 e. The number of rotatable bonds is 7. The van der Waals surface area contributed by atoms with Crippen LogP contribution in [0.4, 0.5) is 0 Å². The first-order chi connectivity index (χ1) is 8.07. The topological polar surface area (TPSA) is 49.4 Å². The Kier molecular flexibility index (Phi) is 6.44. The van der Waals surface area contributed by atoms with Gasteiger partial charge in [-0.15, -0.1) is 0 Å². The van der Waals surface area contributed by atoms with Crippen LogP contribution in [0, 0.1) is 5.92 Å². The molecule has 0 aromatic heterocycles. The van der Waals surface area contributed by atoms with Crippen LogP contribution >= 0.6 is 0 Å². The fourth-order valence-electron chi connectivity index (χ4n) is 2.24. The molecule has 1 heterocycles. The quantitative estimate of drug-likeness (QED) is 0.735. The summed E-state index contributed by atoms with van der Waals surface area (Å²) in [4.78, 5) is 2.27. The zero-order valence-electron chi connectivity index (χ0n) is 11.1. The van der Waals surface area contributed by atoms with E-state index in [1.807, 2.05) is 0 Å². The average molecular weight is 262 g/mol. The fraction of sp³-hybridized carbons (Fsp3) is 1.00. The normalized spacial score (nSPS) is 21.9. The fourth-order valence-corrected chi connectivity index (χ4v) is 3.06. The highest BCUT2D eigenvalue weighted by Crippen LogP contribution is 2.11. The summed E-state index contributed by atoms with van der Waals surface area (Å²) in [5.74, 6) is 1.25. The number of piperidine rings is 1. The molecule has 1 fully saturated rings. The van der Waals surface area contributed by atoms with Crippen LogP contribution in [0.2, 0.25) is 0 Å². The Morgan fingerprint density at radius 1 is 1.35 bits per heavy atom. The third-order valence-corrected chi connectivity index (χ3v) is 5.21. The van der Waals surface area contributed by atoms with Crippen molar-refractivity contribution in [3.05, 3.63) is 0 Å². The summed E-state index contributed by atoms with van der Waals surface area (Å²) in [5.41, 5.74) is 0. The summed E-state index contributed by atoms with van der Waals surface area (Å²) in [7, 11) is -2.82. The lowest BCUT2D eigenvalue weighted by Crippen LogP contribution is -2.40. The molecule has 0 bridgehead atoms. The molecular weight excluding hydrogens is 236 g/mol. The molecule has 1 saturated heterocycles. The van der Waals surface area contributed by atoms with Gasteiger partial charge in [0.1, 0.15) is 0 Å². The second-order valence-corrected chi connectivity index (χ2v) is 7.31. The number of sulfone groups is 1. The van der Waals surface area contributed by atoms with Crippen molar-refractivity contribution in [2.45, 2.75) is 26.7 Å². The van der Waals surface area contributed by atoms with Crippen molar-refractivity contribution in [1.29, 1.82) is 0 Å². The molecule has 1 N–H and O–H groups in total. The van der Waals surface area contributed by atoms with Crippen LogP contribution in [0.5, 0.6) is 0 Å². The van der Waals surface area contributed by atoms with Crippen molar-refractivity contribution in [3.63, 3.8) is 0 Å². The first-order valence-electron chi connectivity index (χ1n) is 6.71. The molecular formula is C12H26N2O2S. The van der Waals surface area contributed by atoms with Gasteiger partial charge in [0.25, 0.3) is 0 Å². The third-order valence-electron chi connectivity index (χ3n) is 3.52. The lowest BCUT2D eigenvalue weighted by Gasteiger charge is -2.29. The van der Waals surface area contributed by atoms with Crippen LogP contribution in [0.1, 0.15) is 26.7 Å². The SMILES string of the molecule is CCN(CCS(=O)(=O)CC)CC1CCCNC1. The molecule has 5 heteroatoms. The third kappa shape index (κ3) is 5.84. The van der Waals surface area contributed by atoms with Gasteiger partial charge in [-0.2, -0.15) is 0 Å². The monoisotopic (exact) mass is 262 g/mol. The summed E-state index contributed by atoms with van der Waals surface area (Å²) >= 11 is 0. The van der Waals surface area contributed by atoms with Gasteiger partial charge in [-0.25, -0.2) is 8.42 Å². The van der Waals surface area contributed by atoms with Crippen molar-refractivity contribution in [2.24, 2.45) is 5.92 Å². The Morgan fingerprint density at radius 2 is 2.12 bits per heavy atom. The van der Waals surface area contributed by atoms with E-state index in [-0.39, 0.29) is 5.75 Å². The van der Waals surface area contributed by atoms with Gasteiger partial charge in [0.05, 0.1) is 5.75 Å². The minimum atomic E-state index is -2.82. The molecule has 4 nitrogen and oxygen atoms in total. The van der Waals surface area contributed by atoms with Crippen molar-refractivity contribution < 1.29 is 8.42 Å². The molecule has 0 spiro atoms.